The first-order valence-electron chi connectivity index (χ1n) is 1.86. The van der Waals surface area contributed by atoms with Crippen LogP contribution in [0.2, 0.25) is 0 Å². The average molecular weight is 104 g/mol. The number of hydrogen-bond donors (Lipinski definition) is 0. The number of allylic oxidation sites excluding steroid dienone is 3. The molecule has 0 nitrogen and oxygen atoms in total. The molecule has 0 aromatic carbocycles. The summed E-state index contributed by atoms with van der Waals surface area (Å²) >= 11 is 0. The summed E-state index contributed by atoms with van der Waals surface area (Å²) in [6.07, 6.45) is 2.32. The lowest BCUT2D eigenvalue weighted by Gasteiger charge is -1.72. The minimum atomic E-state index is -0.395. The van der Waals surface area contributed by atoms with Gasteiger partial charge in [0.25, 0.3) is 0 Å². The number of rotatable bonds is 1. The molecule has 0 saturated heterocycles. The molecule has 7 heavy (non-hydrogen) atoms. The van der Waals surface area contributed by atoms with Crippen LogP contribution in [0.5, 0.6) is 0 Å². The highest BCUT2D eigenvalue weighted by Gasteiger charge is 1.72. The molecule has 0 aromatic rings. The second-order valence-corrected chi connectivity index (χ2v) is 1.07. The summed E-state index contributed by atoms with van der Waals surface area (Å²) in [6.45, 7) is 1.25. The average Bonchev–Trinajstić information content (AvgIpc) is 1.61. The maximum Gasteiger partial charge on any atom is 0.0969 e. The Morgan fingerprint density at radius 3 is 2.29 bits per heavy atom. The van der Waals surface area contributed by atoms with Gasteiger partial charge in [-0.25, -0.2) is 8.78 Å². The van der Waals surface area contributed by atoms with Crippen LogP contribution in [0.15, 0.2) is 24.3 Å². The van der Waals surface area contributed by atoms with E-state index < -0.39 is 5.83 Å². The summed E-state index contributed by atoms with van der Waals surface area (Å²) in [5.41, 5.74) is 0. The van der Waals surface area contributed by atoms with Gasteiger partial charge in [-0.3, -0.25) is 0 Å². The maximum atomic E-state index is 11.5. The van der Waals surface area contributed by atoms with E-state index in [4.69, 9.17) is 0 Å². The summed E-state index contributed by atoms with van der Waals surface area (Å²) in [5.74, 6) is -0.395. The molecule has 0 fully saturated rings. The third-order valence-electron chi connectivity index (χ3n) is 0.399. The van der Waals surface area contributed by atoms with Crippen LogP contribution < -0.4 is 0 Å². The number of halogens is 2. The second kappa shape index (κ2) is 3.53. The highest BCUT2D eigenvalue weighted by molar-refractivity contribution is 5.02. The molecule has 0 radical (unpaired) electrons. The fourth-order valence-electron chi connectivity index (χ4n) is 0.169. The van der Waals surface area contributed by atoms with Gasteiger partial charge in [0.2, 0.25) is 0 Å². The Kier molecular flexibility index (Phi) is 3.19. The zero-order valence-corrected chi connectivity index (χ0v) is 3.99. The van der Waals surface area contributed by atoms with Crippen LogP contribution in [-0.2, 0) is 0 Å². The standard InChI is InChI=1S/C5H6F2/c1-5(7)3-2-4-6/h2-4H,1H3/b4-2-,5-3+. The first-order valence-corrected chi connectivity index (χ1v) is 1.86. The van der Waals surface area contributed by atoms with Crippen molar-refractivity contribution in [3.63, 3.8) is 0 Å². The van der Waals surface area contributed by atoms with Gasteiger partial charge in [-0.15, -0.1) is 0 Å². The van der Waals surface area contributed by atoms with Crippen molar-refractivity contribution in [2.24, 2.45) is 0 Å². The molecule has 0 rings (SSSR count). The smallest absolute Gasteiger partial charge is 0.0969 e. The van der Waals surface area contributed by atoms with Crippen molar-refractivity contribution in [3.05, 3.63) is 24.3 Å². The molecule has 2 heteroatoms. The van der Waals surface area contributed by atoms with Crippen molar-refractivity contribution >= 4 is 0 Å². The molecule has 0 aliphatic carbocycles. The molecule has 0 amide bonds. The van der Waals surface area contributed by atoms with E-state index in [2.05, 4.69) is 0 Å². The van der Waals surface area contributed by atoms with E-state index in [-0.39, 0.29) is 6.33 Å². The van der Waals surface area contributed by atoms with Crippen molar-refractivity contribution in [2.45, 2.75) is 6.92 Å². The van der Waals surface area contributed by atoms with Gasteiger partial charge >= 0.3 is 0 Å². The normalized spacial score (nSPS) is 13.3. The van der Waals surface area contributed by atoms with E-state index in [1.165, 1.54) is 6.92 Å². The lowest BCUT2D eigenvalue weighted by atomic mass is 10.5. The van der Waals surface area contributed by atoms with Crippen molar-refractivity contribution in [3.8, 4) is 0 Å². The molecule has 0 atom stereocenters. The first kappa shape index (κ1) is 6.34. The summed E-state index contributed by atoms with van der Waals surface area (Å²) < 4.78 is 22.5. The number of hydrogen-bond acceptors (Lipinski definition) is 0. The predicted molar refractivity (Wildman–Crippen MR) is 25.1 cm³/mol. The van der Waals surface area contributed by atoms with Crippen LogP contribution in [0.25, 0.3) is 0 Å². The molecular weight excluding hydrogens is 98.1 g/mol. The Balaban J connectivity index is 3.46. The van der Waals surface area contributed by atoms with Crippen LogP contribution >= 0.6 is 0 Å². The fourth-order valence-corrected chi connectivity index (χ4v) is 0.169. The second-order valence-electron chi connectivity index (χ2n) is 1.07. The van der Waals surface area contributed by atoms with Crippen LogP contribution in [0.4, 0.5) is 8.78 Å². The Morgan fingerprint density at radius 1 is 1.57 bits per heavy atom. The molecule has 0 spiro atoms. The van der Waals surface area contributed by atoms with Crippen molar-refractivity contribution < 1.29 is 8.78 Å². The van der Waals surface area contributed by atoms with Crippen LogP contribution in [0, 0.1) is 0 Å². The zero-order chi connectivity index (χ0) is 5.70. The van der Waals surface area contributed by atoms with E-state index in [9.17, 15) is 8.78 Å². The van der Waals surface area contributed by atoms with Crippen LogP contribution in [0.1, 0.15) is 6.92 Å². The minimum absolute atomic E-state index is 0.281. The van der Waals surface area contributed by atoms with Gasteiger partial charge in [-0.2, -0.15) is 0 Å². The van der Waals surface area contributed by atoms with Gasteiger partial charge in [0, 0.05) is 0 Å². The van der Waals surface area contributed by atoms with Gasteiger partial charge in [-0.05, 0) is 19.1 Å². The SMILES string of the molecule is C/C(F)=C\C=C/F. The summed E-state index contributed by atoms with van der Waals surface area (Å²) in [6, 6.07) is 0. The molecule has 0 saturated carbocycles. The van der Waals surface area contributed by atoms with Crippen LogP contribution in [-0.4, -0.2) is 0 Å². The van der Waals surface area contributed by atoms with E-state index >= 15 is 0 Å². The van der Waals surface area contributed by atoms with E-state index in [0.29, 0.717) is 0 Å². The quantitative estimate of drug-likeness (QED) is 0.448. The highest BCUT2D eigenvalue weighted by atomic mass is 19.1. The Bertz CT molecular complexity index is 88.3. The summed E-state index contributed by atoms with van der Waals surface area (Å²) in [7, 11) is 0. The Labute approximate surface area is 41.2 Å². The minimum Gasteiger partial charge on any atom is -0.216 e. The maximum absolute atomic E-state index is 11.5. The zero-order valence-electron chi connectivity index (χ0n) is 3.99. The molecule has 0 N–H and O–H groups in total. The van der Waals surface area contributed by atoms with Gasteiger partial charge in [-0.1, -0.05) is 0 Å². The molecule has 0 aromatic heterocycles. The molecule has 40 valence electrons. The largest absolute Gasteiger partial charge is 0.216 e. The van der Waals surface area contributed by atoms with Crippen LogP contribution in [0.3, 0.4) is 0 Å². The molecule has 0 unspecified atom stereocenters. The van der Waals surface area contributed by atoms with Crippen molar-refractivity contribution in [1.29, 1.82) is 0 Å². The van der Waals surface area contributed by atoms with Crippen molar-refractivity contribution in [1.82, 2.24) is 0 Å². The molecule has 0 aliphatic heterocycles. The lowest BCUT2D eigenvalue weighted by molar-refractivity contribution is 0.639. The van der Waals surface area contributed by atoms with Gasteiger partial charge < -0.3 is 0 Å². The summed E-state index contributed by atoms with van der Waals surface area (Å²) in [4.78, 5) is 0. The predicted octanol–water partition coefficient (Wildman–Crippen LogP) is 2.34. The summed E-state index contributed by atoms with van der Waals surface area (Å²) in [5, 5.41) is 0. The first-order chi connectivity index (χ1) is 3.27. The molecule has 0 aliphatic rings. The Hall–Kier alpha value is -0.660. The molecular formula is C5H6F2. The van der Waals surface area contributed by atoms with E-state index in [1.54, 1.807) is 0 Å². The van der Waals surface area contributed by atoms with E-state index in [1.807, 2.05) is 0 Å². The molecule has 0 bridgehead atoms. The van der Waals surface area contributed by atoms with Gasteiger partial charge in [0.05, 0.1) is 12.2 Å². The third kappa shape index (κ3) is 5.34. The lowest BCUT2D eigenvalue weighted by Crippen LogP contribution is -1.52. The fraction of sp³-hybridized carbons (Fsp3) is 0.200. The highest BCUT2D eigenvalue weighted by Crippen LogP contribution is 1.91. The van der Waals surface area contributed by atoms with Crippen molar-refractivity contribution in [2.75, 3.05) is 0 Å². The third-order valence-corrected chi connectivity index (χ3v) is 0.399. The van der Waals surface area contributed by atoms with Gasteiger partial charge in [0.1, 0.15) is 0 Å². The topological polar surface area (TPSA) is 0 Å². The Morgan fingerprint density at radius 2 is 2.14 bits per heavy atom. The van der Waals surface area contributed by atoms with Gasteiger partial charge in [0.15, 0.2) is 0 Å². The monoisotopic (exact) mass is 104 g/mol. The van der Waals surface area contributed by atoms with E-state index in [0.717, 1.165) is 12.2 Å². The molecule has 0 heterocycles.